The molecule has 60 valence electrons. The van der Waals surface area contributed by atoms with E-state index in [1.54, 1.807) is 0 Å². The third kappa shape index (κ3) is 3.87. The Bertz CT molecular complexity index is 78.1. The van der Waals surface area contributed by atoms with Gasteiger partial charge in [0.1, 0.15) is 7.85 Å². The molecule has 0 bridgehead atoms. The van der Waals surface area contributed by atoms with E-state index in [1.165, 1.54) is 0 Å². The largest absolute Gasteiger partial charge is 0.394 e. The van der Waals surface area contributed by atoms with Crippen molar-refractivity contribution < 1.29 is 9.84 Å². The highest BCUT2D eigenvalue weighted by atomic mass is 16.5. The van der Waals surface area contributed by atoms with Crippen LogP contribution < -0.4 is 5.73 Å². The molecule has 0 rings (SSSR count). The maximum Gasteiger partial charge on any atom is 0.140 e. The van der Waals surface area contributed by atoms with E-state index in [-0.39, 0.29) is 18.7 Å². The molecule has 0 aromatic heterocycles. The normalized spacial score (nSPS) is 16.7. The fourth-order valence-electron chi connectivity index (χ4n) is 0.652. The molecule has 0 saturated carbocycles. The smallest absolute Gasteiger partial charge is 0.140 e. The van der Waals surface area contributed by atoms with Gasteiger partial charge in [0, 0.05) is 12.5 Å². The average molecular weight is 145 g/mol. The van der Waals surface area contributed by atoms with Gasteiger partial charge in [-0.3, -0.25) is 0 Å². The lowest BCUT2D eigenvalue weighted by Gasteiger charge is -2.17. The SMILES string of the molecule is BC(CN)OC(CC)CO. The summed E-state index contributed by atoms with van der Waals surface area (Å²) in [5, 5.41) is 8.70. The lowest BCUT2D eigenvalue weighted by atomic mass is 10.0. The molecule has 3 N–H and O–H groups in total. The van der Waals surface area contributed by atoms with Crippen molar-refractivity contribution in [3.8, 4) is 0 Å². The Hall–Kier alpha value is -0.0551. The number of hydrogen-bond donors (Lipinski definition) is 2. The van der Waals surface area contributed by atoms with Crippen molar-refractivity contribution in [2.75, 3.05) is 13.2 Å². The number of ether oxygens (including phenoxy) is 1. The van der Waals surface area contributed by atoms with Crippen LogP contribution in [0.1, 0.15) is 13.3 Å². The minimum Gasteiger partial charge on any atom is -0.394 e. The number of nitrogens with two attached hydrogens (primary N) is 1. The van der Waals surface area contributed by atoms with E-state index < -0.39 is 0 Å². The van der Waals surface area contributed by atoms with Crippen LogP contribution in [-0.4, -0.2) is 38.2 Å². The van der Waals surface area contributed by atoms with E-state index in [0.29, 0.717) is 6.54 Å². The first-order chi connectivity index (χ1) is 4.74. The van der Waals surface area contributed by atoms with Gasteiger partial charge in [0.15, 0.2) is 0 Å². The summed E-state index contributed by atoms with van der Waals surface area (Å²) >= 11 is 0. The van der Waals surface area contributed by atoms with Crippen LogP contribution in [-0.2, 0) is 4.74 Å². The first-order valence-corrected chi connectivity index (χ1v) is 3.71. The molecule has 0 heterocycles. The van der Waals surface area contributed by atoms with Crippen LogP contribution >= 0.6 is 0 Å². The number of aliphatic hydroxyl groups is 1. The molecule has 0 amide bonds. The summed E-state index contributed by atoms with van der Waals surface area (Å²) in [5.74, 6) is 0. The van der Waals surface area contributed by atoms with Crippen LogP contribution in [0.25, 0.3) is 0 Å². The van der Waals surface area contributed by atoms with E-state index in [9.17, 15) is 0 Å². The summed E-state index contributed by atoms with van der Waals surface area (Å²) in [6, 6.07) is 0.0529. The summed E-state index contributed by atoms with van der Waals surface area (Å²) in [4.78, 5) is 0. The molecule has 2 unspecified atom stereocenters. The zero-order chi connectivity index (χ0) is 7.98. The average Bonchev–Trinajstić information content (AvgIpc) is 1.99. The van der Waals surface area contributed by atoms with Gasteiger partial charge in [-0.15, -0.1) is 0 Å². The second-order valence-corrected chi connectivity index (χ2v) is 2.40. The molecule has 2 atom stereocenters. The Balaban J connectivity index is 3.41. The minimum atomic E-state index is -0.0430. The van der Waals surface area contributed by atoms with Gasteiger partial charge in [0.05, 0.1) is 12.7 Å². The molecule has 10 heavy (non-hydrogen) atoms. The van der Waals surface area contributed by atoms with Crippen LogP contribution in [0.15, 0.2) is 0 Å². The van der Waals surface area contributed by atoms with Crippen molar-refractivity contribution in [2.45, 2.75) is 25.5 Å². The Morgan fingerprint density at radius 2 is 2.30 bits per heavy atom. The minimum absolute atomic E-state index is 0.0430. The van der Waals surface area contributed by atoms with E-state index in [1.807, 2.05) is 14.8 Å². The molecule has 0 aliphatic carbocycles. The van der Waals surface area contributed by atoms with Crippen molar-refractivity contribution >= 4 is 7.85 Å². The number of rotatable bonds is 5. The van der Waals surface area contributed by atoms with E-state index in [0.717, 1.165) is 6.42 Å². The first kappa shape index (κ1) is 9.94. The third-order valence-electron chi connectivity index (χ3n) is 1.42. The van der Waals surface area contributed by atoms with Crippen molar-refractivity contribution in [2.24, 2.45) is 5.73 Å². The Morgan fingerprint density at radius 3 is 2.60 bits per heavy atom. The summed E-state index contributed by atoms with van der Waals surface area (Å²) in [6.07, 6.45) is 0.791. The fourth-order valence-corrected chi connectivity index (χ4v) is 0.652. The summed E-state index contributed by atoms with van der Waals surface area (Å²) < 4.78 is 5.32. The summed E-state index contributed by atoms with van der Waals surface area (Å²) in [7, 11) is 1.90. The Labute approximate surface area is 63.0 Å². The van der Waals surface area contributed by atoms with E-state index in [2.05, 4.69) is 0 Å². The van der Waals surface area contributed by atoms with Gasteiger partial charge < -0.3 is 15.6 Å². The molecular weight excluding hydrogens is 129 g/mol. The summed E-state index contributed by atoms with van der Waals surface area (Å²) in [5.41, 5.74) is 5.32. The maximum absolute atomic E-state index is 8.70. The Morgan fingerprint density at radius 1 is 1.70 bits per heavy atom. The zero-order valence-corrected chi connectivity index (χ0v) is 6.71. The molecule has 3 nitrogen and oxygen atoms in total. The highest BCUT2D eigenvalue weighted by Gasteiger charge is 2.07. The predicted molar refractivity (Wildman–Crippen MR) is 43.6 cm³/mol. The first-order valence-electron chi connectivity index (χ1n) is 3.71. The van der Waals surface area contributed by atoms with Gasteiger partial charge >= 0.3 is 0 Å². The number of hydrogen-bond acceptors (Lipinski definition) is 3. The van der Waals surface area contributed by atoms with Gasteiger partial charge in [0.25, 0.3) is 0 Å². The molecule has 4 heteroatoms. The second-order valence-electron chi connectivity index (χ2n) is 2.40. The molecule has 0 aliphatic heterocycles. The van der Waals surface area contributed by atoms with Crippen molar-refractivity contribution in [3.05, 3.63) is 0 Å². The van der Waals surface area contributed by atoms with Crippen LogP contribution in [0.3, 0.4) is 0 Å². The molecule has 0 radical (unpaired) electrons. The second kappa shape index (κ2) is 5.71. The van der Waals surface area contributed by atoms with Gasteiger partial charge in [0.2, 0.25) is 0 Å². The quantitative estimate of drug-likeness (QED) is 0.472. The monoisotopic (exact) mass is 145 g/mol. The van der Waals surface area contributed by atoms with E-state index in [4.69, 9.17) is 15.6 Å². The highest BCUT2D eigenvalue weighted by molar-refractivity contribution is 6.11. The molecule has 0 spiro atoms. The fraction of sp³-hybridized carbons (Fsp3) is 1.00. The van der Waals surface area contributed by atoms with E-state index >= 15 is 0 Å². The molecule has 0 aromatic carbocycles. The van der Waals surface area contributed by atoms with Crippen LogP contribution in [0, 0.1) is 0 Å². The highest BCUT2D eigenvalue weighted by Crippen LogP contribution is 1.98. The van der Waals surface area contributed by atoms with Gasteiger partial charge in [-0.2, -0.15) is 0 Å². The maximum atomic E-state index is 8.70. The zero-order valence-electron chi connectivity index (χ0n) is 6.71. The number of aliphatic hydroxyl groups excluding tert-OH is 1. The lowest BCUT2D eigenvalue weighted by molar-refractivity contribution is -0.00311. The van der Waals surface area contributed by atoms with Crippen LogP contribution in [0.5, 0.6) is 0 Å². The molecule has 0 aromatic rings. The van der Waals surface area contributed by atoms with Crippen molar-refractivity contribution in [1.82, 2.24) is 0 Å². The predicted octanol–water partition coefficient (Wildman–Crippen LogP) is -1.31. The Kier molecular flexibility index (Phi) is 5.68. The van der Waals surface area contributed by atoms with Crippen LogP contribution in [0.2, 0.25) is 0 Å². The topological polar surface area (TPSA) is 55.5 Å². The van der Waals surface area contributed by atoms with Gasteiger partial charge in [-0.05, 0) is 6.42 Å². The van der Waals surface area contributed by atoms with Gasteiger partial charge in [-0.1, -0.05) is 6.92 Å². The third-order valence-corrected chi connectivity index (χ3v) is 1.42. The van der Waals surface area contributed by atoms with Crippen molar-refractivity contribution in [1.29, 1.82) is 0 Å². The van der Waals surface area contributed by atoms with Gasteiger partial charge in [-0.25, -0.2) is 0 Å². The molecule has 0 saturated heterocycles. The van der Waals surface area contributed by atoms with Crippen molar-refractivity contribution in [3.63, 3.8) is 0 Å². The van der Waals surface area contributed by atoms with Crippen LogP contribution in [0.4, 0.5) is 0 Å². The lowest BCUT2D eigenvalue weighted by Crippen LogP contribution is -2.30. The molecule has 0 fully saturated rings. The standard InChI is InChI=1S/C6H16BNO2/c1-2-5(4-9)10-6(7)3-8/h5-6,9H,2-4,7-8H2,1H3. The molecular formula is C6H16BNO2. The molecule has 0 aliphatic rings. The summed E-state index contributed by atoms with van der Waals surface area (Å²) in [6.45, 7) is 2.57.